The molecule has 4 aromatic rings. The number of carbonyl (C=O) groups is 1. The van der Waals surface area contributed by atoms with E-state index in [1.807, 2.05) is 54.8 Å². The Labute approximate surface area is 186 Å². The van der Waals surface area contributed by atoms with Crippen LogP contribution in [0.15, 0.2) is 46.9 Å². The van der Waals surface area contributed by atoms with Gasteiger partial charge in [-0.25, -0.2) is 4.98 Å². The van der Waals surface area contributed by atoms with Crippen LogP contribution in [0.2, 0.25) is 0 Å². The average molecular weight is 482 g/mol. The van der Waals surface area contributed by atoms with Gasteiger partial charge in [-0.2, -0.15) is 5.10 Å². The summed E-state index contributed by atoms with van der Waals surface area (Å²) in [5.74, 6) is 1.52. The van der Waals surface area contributed by atoms with Crippen LogP contribution in [0.5, 0.6) is 11.5 Å². The minimum absolute atomic E-state index is 0.193. The number of amides is 1. The van der Waals surface area contributed by atoms with E-state index in [1.165, 1.54) is 0 Å². The van der Waals surface area contributed by atoms with Crippen LogP contribution in [0, 0.1) is 6.92 Å². The fourth-order valence-electron chi connectivity index (χ4n) is 3.68. The van der Waals surface area contributed by atoms with Gasteiger partial charge in [0.25, 0.3) is 5.91 Å². The Morgan fingerprint density at radius 3 is 2.65 bits per heavy atom. The van der Waals surface area contributed by atoms with E-state index < -0.39 is 0 Å². The Kier molecular flexibility index (Phi) is 4.90. The van der Waals surface area contributed by atoms with Crippen LogP contribution in [0.1, 0.15) is 28.7 Å². The van der Waals surface area contributed by atoms with Crippen LogP contribution in [-0.2, 0) is 13.1 Å². The number of anilines is 1. The molecule has 31 heavy (non-hydrogen) atoms. The molecule has 1 amide bonds. The Balaban J connectivity index is 1.57. The first kappa shape index (κ1) is 19.6. The molecule has 0 unspecified atom stereocenters. The van der Waals surface area contributed by atoms with E-state index in [0.717, 1.165) is 26.8 Å². The summed E-state index contributed by atoms with van der Waals surface area (Å²) in [6.07, 6.45) is 0. The van der Waals surface area contributed by atoms with Crippen molar-refractivity contribution in [3.05, 3.63) is 63.9 Å². The van der Waals surface area contributed by atoms with Crippen molar-refractivity contribution in [2.24, 2.45) is 0 Å². The van der Waals surface area contributed by atoms with Gasteiger partial charge in [0.15, 0.2) is 11.5 Å². The normalized spacial score (nSPS) is 12.5. The van der Waals surface area contributed by atoms with Crippen LogP contribution in [0.3, 0.4) is 0 Å². The van der Waals surface area contributed by atoms with Gasteiger partial charge in [0.05, 0.1) is 23.3 Å². The van der Waals surface area contributed by atoms with E-state index in [1.54, 1.807) is 10.7 Å². The SMILES string of the molecule is CCn1nc(C)cc1C(=O)Nc1nc2cc3c(cc2n1Cc1ccc(Br)cc1)OCO3. The van der Waals surface area contributed by atoms with Crippen LogP contribution >= 0.6 is 15.9 Å². The molecule has 0 aliphatic carbocycles. The molecular weight excluding hydrogens is 462 g/mol. The molecule has 2 aromatic heterocycles. The number of hydrogen-bond acceptors (Lipinski definition) is 5. The van der Waals surface area contributed by atoms with E-state index in [-0.39, 0.29) is 12.7 Å². The number of nitrogens with one attached hydrogen (secondary N) is 1. The molecular formula is C22H20BrN5O3. The fourth-order valence-corrected chi connectivity index (χ4v) is 3.94. The lowest BCUT2D eigenvalue weighted by Crippen LogP contribution is -2.20. The minimum atomic E-state index is -0.255. The minimum Gasteiger partial charge on any atom is -0.454 e. The van der Waals surface area contributed by atoms with Gasteiger partial charge in [0.2, 0.25) is 12.7 Å². The van der Waals surface area contributed by atoms with Gasteiger partial charge in [0, 0.05) is 23.2 Å². The molecule has 3 heterocycles. The summed E-state index contributed by atoms with van der Waals surface area (Å²) in [5.41, 5.74) is 3.93. The third-order valence-corrected chi connectivity index (χ3v) is 5.68. The number of benzene rings is 2. The Bertz CT molecular complexity index is 1290. The van der Waals surface area contributed by atoms with E-state index in [0.29, 0.717) is 36.2 Å². The topological polar surface area (TPSA) is 83.2 Å². The lowest BCUT2D eigenvalue weighted by atomic mass is 10.2. The summed E-state index contributed by atoms with van der Waals surface area (Å²) >= 11 is 3.47. The molecule has 0 atom stereocenters. The first-order valence-electron chi connectivity index (χ1n) is 9.92. The molecule has 2 aromatic carbocycles. The van der Waals surface area contributed by atoms with Gasteiger partial charge in [0.1, 0.15) is 5.69 Å². The van der Waals surface area contributed by atoms with Crippen molar-refractivity contribution in [2.75, 3.05) is 12.1 Å². The first-order chi connectivity index (χ1) is 15.0. The molecule has 5 rings (SSSR count). The maximum Gasteiger partial charge on any atom is 0.276 e. The quantitative estimate of drug-likeness (QED) is 0.457. The Morgan fingerprint density at radius 1 is 1.16 bits per heavy atom. The van der Waals surface area contributed by atoms with Gasteiger partial charge in [-0.3, -0.25) is 14.8 Å². The summed E-state index contributed by atoms with van der Waals surface area (Å²) in [4.78, 5) is 17.7. The van der Waals surface area contributed by atoms with Crippen molar-refractivity contribution in [3.8, 4) is 11.5 Å². The van der Waals surface area contributed by atoms with Crippen molar-refractivity contribution in [3.63, 3.8) is 0 Å². The molecule has 9 heteroatoms. The third kappa shape index (κ3) is 3.65. The molecule has 1 aliphatic rings. The molecule has 0 saturated heterocycles. The lowest BCUT2D eigenvalue weighted by Gasteiger charge is -2.11. The number of rotatable bonds is 5. The molecule has 0 saturated carbocycles. The van der Waals surface area contributed by atoms with Crippen molar-refractivity contribution in [1.82, 2.24) is 19.3 Å². The van der Waals surface area contributed by atoms with Crippen molar-refractivity contribution in [1.29, 1.82) is 0 Å². The number of aromatic nitrogens is 4. The molecule has 1 aliphatic heterocycles. The van der Waals surface area contributed by atoms with E-state index in [4.69, 9.17) is 9.47 Å². The predicted octanol–water partition coefficient (Wildman–Crippen LogP) is 4.35. The summed E-state index contributed by atoms with van der Waals surface area (Å²) in [6.45, 7) is 5.15. The second-order valence-electron chi connectivity index (χ2n) is 7.28. The molecule has 1 N–H and O–H groups in total. The zero-order valence-corrected chi connectivity index (χ0v) is 18.6. The summed E-state index contributed by atoms with van der Waals surface area (Å²) < 4.78 is 15.7. The van der Waals surface area contributed by atoms with Gasteiger partial charge in [-0.15, -0.1) is 0 Å². The highest BCUT2D eigenvalue weighted by molar-refractivity contribution is 9.10. The van der Waals surface area contributed by atoms with E-state index in [2.05, 4.69) is 31.3 Å². The van der Waals surface area contributed by atoms with E-state index >= 15 is 0 Å². The Morgan fingerprint density at radius 2 is 1.90 bits per heavy atom. The smallest absolute Gasteiger partial charge is 0.276 e. The zero-order valence-electron chi connectivity index (χ0n) is 17.1. The van der Waals surface area contributed by atoms with Crippen LogP contribution in [0.4, 0.5) is 5.95 Å². The largest absolute Gasteiger partial charge is 0.454 e. The first-order valence-corrected chi connectivity index (χ1v) is 10.7. The maximum absolute atomic E-state index is 13.1. The maximum atomic E-state index is 13.1. The average Bonchev–Trinajstić information content (AvgIpc) is 3.45. The molecule has 158 valence electrons. The summed E-state index contributed by atoms with van der Waals surface area (Å²) in [7, 11) is 0. The number of imidazole rings is 1. The summed E-state index contributed by atoms with van der Waals surface area (Å²) in [5, 5.41) is 7.34. The van der Waals surface area contributed by atoms with Gasteiger partial charge >= 0.3 is 0 Å². The Hall–Kier alpha value is -3.33. The van der Waals surface area contributed by atoms with E-state index in [9.17, 15) is 4.79 Å². The van der Waals surface area contributed by atoms with Crippen molar-refractivity contribution < 1.29 is 14.3 Å². The highest BCUT2D eigenvalue weighted by Gasteiger charge is 2.22. The number of fused-ring (bicyclic) bond motifs is 2. The predicted molar refractivity (Wildman–Crippen MR) is 120 cm³/mol. The highest BCUT2D eigenvalue weighted by Crippen LogP contribution is 2.37. The second kappa shape index (κ2) is 7.73. The van der Waals surface area contributed by atoms with Crippen LogP contribution < -0.4 is 14.8 Å². The molecule has 0 bridgehead atoms. The number of nitrogens with zero attached hydrogens (tertiary/aromatic N) is 4. The standard InChI is InChI=1S/C22H20BrN5O3/c1-3-28-18(8-13(2)26-28)21(29)25-22-24-16-9-19-20(31-12-30-19)10-17(16)27(22)11-14-4-6-15(23)7-5-14/h4-10H,3,11-12H2,1-2H3,(H,24,25,29). The molecule has 0 radical (unpaired) electrons. The lowest BCUT2D eigenvalue weighted by molar-refractivity contribution is 0.101. The monoisotopic (exact) mass is 481 g/mol. The molecule has 0 spiro atoms. The second-order valence-corrected chi connectivity index (χ2v) is 8.20. The summed E-state index contributed by atoms with van der Waals surface area (Å²) in [6, 6.07) is 13.6. The van der Waals surface area contributed by atoms with Gasteiger partial charge < -0.3 is 14.0 Å². The van der Waals surface area contributed by atoms with Crippen molar-refractivity contribution in [2.45, 2.75) is 26.9 Å². The number of hydrogen-bond donors (Lipinski definition) is 1. The fraction of sp³-hybridized carbons (Fsp3) is 0.227. The number of aryl methyl sites for hydroxylation is 2. The van der Waals surface area contributed by atoms with Gasteiger partial charge in [-0.1, -0.05) is 28.1 Å². The third-order valence-electron chi connectivity index (χ3n) is 5.16. The number of ether oxygens (including phenoxy) is 2. The van der Waals surface area contributed by atoms with Crippen LogP contribution in [0.25, 0.3) is 11.0 Å². The van der Waals surface area contributed by atoms with Gasteiger partial charge in [-0.05, 0) is 37.6 Å². The number of carbonyl (C=O) groups excluding carboxylic acids is 1. The number of halogens is 1. The zero-order chi connectivity index (χ0) is 21.5. The van der Waals surface area contributed by atoms with Crippen LogP contribution in [-0.4, -0.2) is 32.0 Å². The molecule has 0 fully saturated rings. The molecule has 8 nitrogen and oxygen atoms in total. The van der Waals surface area contributed by atoms with Crippen molar-refractivity contribution >= 4 is 38.8 Å². The highest BCUT2D eigenvalue weighted by atomic mass is 79.9.